The van der Waals surface area contributed by atoms with E-state index >= 15 is 0 Å². The molecule has 2 aromatic rings. The van der Waals surface area contributed by atoms with Crippen molar-refractivity contribution in [2.24, 2.45) is 7.05 Å². The van der Waals surface area contributed by atoms with Crippen LogP contribution < -0.4 is 11.0 Å². The molecule has 1 amide bonds. The lowest BCUT2D eigenvalue weighted by atomic mass is 10.0. The molecular formula is C17H23N3O2. The van der Waals surface area contributed by atoms with Gasteiger partial charge in [-0.15, -0.1) is 0 Å². The Labute approximate surface area is 130 Å². The maximum atomic E-state index is 12.6. The van der Waals surface area contributed by atoms with Crippen molar-refractivity contribution >= 4 is 16.9 Å². The van der Waals surface area contributed by atoms with Gasteiger partial charge >= 0.3 is 5.69 Å². The molecule has 1 aliphatic rings. The van der Waals surface area contributed by atoms with Crippen molar-refractivity contribution in [2.45, 2.75) is 38.6 Å². The number of rotatable bonds is 2. The molecule has 1 atom stereocenters. The fourth-order valence-electron chi connectivity index (χ4n) is 3.05. The number of aromatic nitrogens is 2. The highest BCUT2D eigenvalue weighted by molar-refractivity contribution is 5.86. The van der Waals surface area contributed by atoms with Gasteiger partial charge in [0.25, 0.3) is 0 Å². The van der Waals surface area contributed by atoms with Crippen molar-refractivity contribution in [2.75, 3.05) is 0 Å². The summed E-state index contributed by atoms with van der Waals surface area (Å²) in [5.41, 5.74) is 3.43. The zero-order valence-corrected chi connectivity index (χ0v) is 13.2. The van der Waals surface area contributed by atoms with Gasteiger partial charge in [0, 0.05) is 14.2 Å². The minimum atomic E-state index is -0.466. The van der Waals surface area contributed by atoms with E-state index in [2.05, 4.69) is 25.7 Å². The Kier molecular flexibility index (Phi) is 3.43. The maximum Gasteiger partial charge on any atom is 0.329 e. The molecule has 0 saturated carbocycles. The zero-order valence-electron chi connectivity index (χ0n) is 13.2. The fraction of sp³-hybridized carbons (Fsp3) is 0.412. The largest absolute Gasteiger partial charge is 0.329 e. The molecular weight excluding hydrogens is 278 g/mol. The molecule has 1 fully saturated rings. The summed E-state index contributed by atoms with van der Waals surface area (Å²) in [7, 11) is 1.75. The van der Waals surface area contributed by atoms with Crippen molar-refractivity contribution in [1.29, 1.82) is 0 Å². The number of aryl methyl sites for hydroxylation is 1. The maximum absolute atomic E-state index is 12.6. The number of carbonyl (C=O) groups is 1. The van der Waals surface area contributed by atoms with Crippen LogP contribution in [0.1, 0.15) is 45.6 Å². The van der Waals surface area contributed by atoms with Gasteiger partial charge in [0.05, 0.1) is 11.0 Å². The van der Waals surface area contributed by atoms with Crippen LogP contribution in [0.3, 0.4) is 0 Å². The van der Waals surface area contributed by atoms with E-state index in [0.29, 0.717) is 18.8 Å². The third kappa shape index (κ3) is 2.17. The Morgan fingerprint density at radius 1 is 1.32 bits per heavy atom. The molecule has 118 valence electrons. The number of hydrogen-bond donors (Lipinski definition) is 1. The molecule has 1 aromatic heterocycles. The highest BCUT2D eigenvalue weighted by atomic mass is 16.2. The molecule has 0 aliphatic carbocycles. The van der Waals surface area contributed by atoms with Gasteiger partial charge in [-0.1, -0.05) is 26.5 Å². The zero-order chi connectivity index (χ0) is 16.0. The molecule has 5 nitrogen and oxygen atoms in total. The van der Waals surface area contributed by atoms with Gasteiger partial charge in [0.1, 0.15) is 6.04 Å². The van der Waals surface area contributed by atoms with Crippen LogP contribution in [-0.4, -0.2) is 15.0 Å². The van der Waals surface area contributed by atoms with Crippen LogP contribution in [0.25, 0.3) is 11.0 Å². The number of amides is 1. The summed E-state index contributed by atoms with van der Waals surface area (Å²) in [6.07, 6.45) is 1.30. The van der Waals surface area contributed by atoms with Gasteiger partial charge in [0.15, 0.2) is 0 Å². The Bertz CT molecular complexity index is 832. The summed E-state index contributed by atoms with van der Waals surface area (Å²) in [5.74, 6) is 0.239. The number of fused-ring (bicyclic) bond motifs is 1. The second-order valence-corrected chi connectivity index (χ2v) is 6.26. The van der Waals surface area contributed by atoms with E-state index in [0.717, 1.165) is 16.7 Å². The molecule has 22 heavy (non-hydrogen) atoms. The normalized spacial score (nSPS) is 19.0. The summed E-state index contributed by atoms with van der Waals surface area (Å²) >= 11 is 0. The molecule has 1 aromatic carbocycles. The van der Waals surface area contributed by atoms with Gasteiger partial charge in [0.2, 0.25) is 5.91 Å². The lowest BCUT2D eigenvalue weighted by Crippen LogP contribution is -2.40. The summed E-state index contributed by atoms with van der Waals surface area (Å²) in [6, 6.07) is 5.55. The fourth-order valence-corrected chi connectivity index (χ4v) is 3.05. The Morgan fingerprint density at radius 2 is 2.05 bits per heavy atom. The van der Waals surface area contributed by atoms with Gasteiger partial charge in [-0.2, -0.15) is 0 Å². The number of imidazole rings is 1. The van der Waals surface area contributed by atoms with E-state index in [1.54, 1.807) is 16.2 Å². The standard InChI is InChI=1S/C17H21N3O2.H2/c1-10(2)12-6-8-13-15(9-12)19(4)17(22)20(13)14-7-5-11(3)18-16(14)21;/h6,8-10,14H,3,5,7H2,1-2,4H3,(H,18,21);1H/t14-;/m1./s1. The van der Waals surface area contributed by atoms with Crippen LogP contribution in [0.4, 0.5) is 0 Å². The average Bonchev–Trinajstić information content (AvgIpc) is 2.71. The van der Waals surface area contributed by atoms with Crippen molar-refractivity contribution in [3.63, 3.8) is 0 Å². The number of nitrogens with zero attached hydrogens (tertiary/aromatic N) is 2. The lowest BCUT2D eigenvalue weighted by molar-refractivity contribution is -0.124. The number of benzene rings is 1. The van der Waals surface area contributed by atoms with Crippen molar-refractivity contribution in [3.8, 4) is 0 Å². The van der Waals surface area contributed by atoms with E-state index in [-0.39, 0.29) is 13.0 Å². The monoisotopic (exact) mass is 301 g/mol. The van der Waals surface area contributed by atoms with Crippen LogP contribution in [0.15, 0.2) is 35.3 Å². The van der Waals surface area contributed by atoms with Gasteiger partial charge < -0.3 is 5.32 Å². The van der Waals surface area contributed by atoms with Crippen LogP contribution >= 0.6 is 0 Å². The van der Waals surface area contributed by atoms with Crippen molar-refractivity contribution in [1.82, 2.24) is 14.5 Å². The smallest absolute Gasteiger partial charge is 0.329 e. The first-order valence-electron chi connectivity index (χ1n) is 7.59. The molecule has 2 heterocycles. The first-order chi connectivity index (χ1) is 10.4. The second-order valence-electron chi connectivity index (χ2n) is 6.26. The summed E-state index contributed by atoms with van der Waals surface area (Å²) < 4.78 is 3.24. The number of hydrogen-bond acceptors (Lipinski definition) is 2. The van der Waals surface area contributed by atoms with Gasteiger partial charge in [-0.05, 0) is 36.5 Å². The van der Waals surface area contributed by atoms with E-state index in [4.69, 9.17) is 0 Å². The molecule has 0 radical (unpaired) electrons. The molecule has 5 heteroatoms. The van der Waals surface area contributed by atoms with E-state index in [1.165, 1.54) is 5.56 Å². The summed E-state index contributed by atoms with van der Waals surface area (Å²) in [5, 5.41) is 2.76. The average molecular weight is 301 g/mol. The van der Waals surface area contributed by atoms with E-state index in [1.807, 2.05) is 18.2 Å². The topological polar surface area (TPSA) is 56.0 Å². The van der Waals surface area contributed by atoms with E-state index in [9.17, 15) is 9.59 Å². The first-order valence-corrected chi connectivity index (χ1v) is 7.59. The highest BCUT2D eigenvalue weighted by Gasteiger charge is 2.29. The van der Waals surface area contributed by atoms with Crippen LogP contribution in [0, 0.1) is 0 Å². The van der Waals surface area contributed by atoms with E-state index < -0.39 is 6.04 Å². The summed E-state index contributed by atoms with van der Waals surface area (Å²) in [6.45, 7) is 8.03. The Balaban J connectivity index is 0.00000192. The molecule has 3 rings (SSSR count). The van der Waals surface area contributed by atoms with Crippen LogP contribution in [0.2, 0.25) is 0 Å². The predicted octanol–water partition coefficient (Wildman–Crippen LogP) is 2.67. The minimum absolute atomic E-state index is 0. The molecule has 1 N–H and O–H groups in total. The van der Waals surface area contributed by atoms with Gasteiger partial charge in [-0.25, -0.2) is 4.79 Å². The minimum Gasteiger partial charge on any atom is -0.329 e. The molecule has 0 bridgehead atoms. The summed E-state index contributed by atoms with van der Waals surface area (Å²) in [4.78, 5) is 24.9. The third-order valence-electron chi connectivity index (χ3n) is 4.41. The van der Waals surface area contributed by atoms with Crippen molar-refractivity contribution < 1.29 is 6.22 Å². The third-order valence-corrected chi connectivity index (χ3v) is 4.41. The Hall–Kier alpha value is -2.30. The van der Waals surface area contributed by atoms with Crippen LogP contribution in [0.5, 0.6) is 0 Å². The molecule has 1 saturated heterocycles. The Morgan fingerprint density at radius 3 is 2.68 bits per heavy atom. The number of carbonyl (C=O) groups excluding carboxylic acids is 1. The van der Waals surface area contributed by atoms with Gasteiger partial charge in [-0.3, -0.25) is 13.9 Å². The predicted molar refractivity (Wildman–Crippen MR) is 88.9 cm³/mol. The highest BCUT2D eigenvalue weighted by Crippen LogP contribution is 2.26. The molecule has 0 spiro atoms. The van der Waals surface area contributed by atoms with Crippen LogP contribution in [-0.2, 0) is 11.8 Å². The number of allylic oxidation sites excluding steroid dienone is 1. The SMILES string of the molecule is C=C1CC[C@@H](n2c(=O)n(C)c3cc(C(C)C)ccc32)C(=O)N1.[HH]. The van der Waals surface area contributed by atoms with Crippen molar-refractivity contribution in [3.05, 3.63) is 46.5 Å². The molecule has 1 aliphatic heterocycles. The lowest BCUT2D eigenvalue weighted by Gasteiger charge is -2.24. The number of nitrogens with one attached hydrogen (secondary N) is 1. The first kappa shape index (κ1) is 14.6. The second kappa shape index (κ2) is 5.16. The quantitative estimate of drug-likeness (QED) is 0.927. The number of piperidine rings is 1. The molecule has 0 unspecified atom stereocenters.